The van der Waals surface area contributed by atoms with Crippen LogP contribution in [0.2, 0.25) is 0 Å². The maximum Gasteiger partial charge on any atom is 0.268 e. The van der Waals surface area contributed by atoms with Gasteiger partial charge in [-0.25, -0.2) is 0 Å². The van der Waals surface area contributed by atoms with Crippen molar-refractivity contribution >= 4 is 21.8 Å². The van der Waals surface area contributed by atoms with Crippen LogP contribution in [0.5, 0.6) is 0 Å². The van der Waals surface area contributed by atoms with Crippen molar-refractivity contribution in [2.75, 3.05) is 0 Å². The maximum absolute atomic E-state index is 12.5. The van der Waals surface area contributed by atoms with E-state index in [-0.39, 0.29) is 18.0 Å². The Labute approximate surface area is 133 Å². The summed E-state index contributed by atoms with van der Waals surface area (Å²) in [5.41, 5.74) is 2.75. The van der Waals surface area contributed by atoms with Crippen LogP contribution in [0.4, 0.5) is 0 Å². The van der Waals surface area contributed by atoms with Crippen molar-refractivity contribution in [2.24, 2.45) is 7.05 Å². The van der Waals surface area contributed by atoms with Gasteiger partial charge in [-0.1, -0.05) is 0 Å². The first-order chi connectivity index (χ1) is 9.81. The van der Waals surface area contributed by atoms with Crippen LogP contribution in [0.15, 0.2) is 22.9 Å². The van der Waals surface area contributed by atoms with Gasteiger partial charge in [-0.15, -0.1) is 0 Å². The summed E-state index contributed by atoms with van der Waals surface area (Å²) in [7, 11) is 1.90. The Kier molecular flexibility index (Phi) is 4.56. The normalized spacial score (nSPS) is 12.7. The molecule has 2 rings (SSSR count). The lowest BCUT2D eigenvalue weighted by Crippen LogP contribution is -2.29. The van der Waals surface area contributed by atoms with E-state index in [1.54, 1.807) is 6.20 Å². The second-order valence-electron chi connectivity index (χ2n) is 5.55. The zero-order valence-corrected chi connectivity index (χ0v) is 14.6. The van der Waals surface area contributed by atoms with E-state index in [1.807, 2.05) is 42.4 Å². The lowest BCUT2D eigenvalue weighted by molar-refractivity contribution is 0.0929. The summed E-state index contributed by atoms with van der Waals surface area (Å²) in [6, 6.07) is 1.99. The largest absolute Gasteiger partial charge is 0.344 e. The predicted octanol–water partition coefficient (Wildman–Crippen LogP) is 3.36. The van der Waals surface area contributed by atoms with Gasteiger partial charge in [0.15, 0.2) is 0 Å². The molecule has 0 saturated carbocycles. The van der Waals surface area contributed by atoms with Gasteiger partial charge in [0, 0.05) is 35.0 Å². The molecule has 0 saturated heterocycles. The average Bonchev–Trinajstić information content (AvgIpc) is 2.94. The third kappa shape index (κ3) is 3.20. The summed E-state index contributed by atoms with van der Waals surface area (Å²) in [5.74, 6) is -0.0786. The van der Waals surface area contributed by atoms with Gasteiger partial charge in [0.1, 0.15) is 5.69 Å². The van der Waals surface area contributed by atoms with Crippen LogP contribution in [0.25, 0.3) is 0 Å². The van der Waals surface area contributed by atoms with Gasteiger partial charge in [-0.3, -0.25) is 9.48 Å². The molecule has 2 heterocycles. The van der Waals surface area contributed by atoms with Crippen LogP contribution in [-0.4, -0.2) is 20.3 Å². The summed E-state index contributed by atoms with van der Waals surface area (Å²) in [4.78, 5) is 12.5. The average molecular weight is 353 g/mol. The molecule has 1 unspecified atom stereocenters. The van der Waals surface area contributed by atoms with Crippen molar-refractivity contribution in [2.45, 2.75) is 39.8 Å². The van der Waals surface area contributed by atoms with Crippen LogP contribution >= 0.6 is 15.9 Å². The van der Waals surface area contributed by atoms with Crippen LogP contribution in [0, 0.1) is 6.92 Å². The highest BCUT2D eigenvalue weighted by Crippen LogP contribution is 2.21. The summed E-state index contributed by atoms with van der Waals surface area (Å²) < 4.78 is 4.68. The molecule has 0 aliphatic rings. The number of hydrogen-bond acceptors (Lipinski definition) is 2. The molecule has 0 spiro atoms. The number of rotatable bonds is 4. The van der Waals surface area contributed by atoms with Crippen LogP contribution in [0.3, 0.4) is 0 Å². The molecule has 114 valence electrons. The van der Waals surface area contributed by atoms with E-state index >= 15 is 0 Å². The number of carbonyl (C=O) groups is 1. The van der Waals surface area contributed by atoms with Gasteiger partial charge < -0.3 is 9.88 Å². The van der Waals surface area contributed by atoms with Crippen molar-refractivity contribution < 1.29 is 4.79 Å². The molecular formula is C15H21BrN4O. The molecule has 0 aliphatic heterocycles. The molecule has 0 bridgehead atoms. The minimum absolute atomic E-state index is 0.0786. The molecule has 21 heavy (non-hydrogen) atoms. The summed E-state index contributed by atoms with van der Waals surface area (Å²) >= 11 is 3.43. The Morgan fingerprint density at radius 1 is 1.38 bits per heavy atom. The number of carbonyl (C=O) groups excluding carboxylic acids is 1. The number of halogens is 1. The van der Waals surface area contributed by atoms with E-state index in [9.17, 15) is 4.79 Å². The number of aryl methyl sites for hydroxylation is 1. The minimum atomic E-state index is -0.0829. The highest BCUT2D eigenvalue weighted by atomic mass is 79.9. The SMILES string of the molecule is Cc1c(C(C)NC(=O)c2cc(Br)cn2C(C)C)cnn1C. The molecule has 2 aromatic rings. The van der Waals surface area contributed by atoms with Crippen LogP contribution in [0.1, 0.15) is 54.6 Å². The molecule has 0 aliphatic carbocycles. The fraction of sp³-hybridized carbons (Fsp3) is 0.467. The molecule has 1 atom stereocenters. The van der Waals surface area contributed by atoms with E-state index in [2.05, 4.69) is 40.2 Å². The second-order valence-corrected chi connectivity index (χ2v) is 6.46. The van der Waals surface area contributed by atoms with E-state index in [0.717, 1.165) is 15.7 Å². The smallest absolute Gasteiger partial charge is 0.268 e. The van der Waals surface area contributed by atoms with Crippen LogP contribution < -0.4 is 5.32 Å². The molecule has 6 heteroatoms. The molecule has 0 fully saturated rings. The standard InChI is InChI=1S/C15H21BrN4O/c1-9(2)20-8-12(16)6-14(20)15(21)18-10(3)13-7-17-19(5)11(13)4/h6-10H,1-5H3,(H,18,21). The van der Waals surface area contributed by atoms with Gasteiger partial charge in [0.25, 0.3) is 5.91 Å². The zero-order chi connectivity index (χ0) is 15.7. The molecule has 2 aromatic heterocycles. The minimum Gasteiger partial charge on any atom is -0.344 e. The first kappa shape index (κ1) is 15.8. The van der Waals surface area contributed by atoms with E-state index in [4.69, 9.17) is 0 Å². The van der Waals surface area contributed by atoms with Gasteiger partial charge >= 0.3 is 0 Å². The maximum atomic E-state index is 12.5. The van der Waals surface area contributed by atoms with Gasteiger partial charge in [-0.05, 0) is 49.7 Å². The molecule has 1 amide bonds. The van der Waals surface area contributed by atoms with Crippen molar-refractivity contribution in [3.8, 4) is 0 Å². The number of aromatic nitrogens is 3. The van der Waals surface area contributed by atoms with E-state index < -0.39 is 0 Å². The molecule has 1 N–H and O–H groups in total. The Morgan fingerprint density at radius 3 is 2.57 bits per heavy atom. The van der Waals surface area contributed by atoms with Gasteiger partial charge in [-0.2, -0.15) is 5.10 Å². The highest BCUT2D eigenvalue weighted by molar-refractivity contribution is 9.10. The molecule has 0 radical (unpaired) electrons. The van der Waals surface area contributed by atoms with Gasteiger partial charge in [0.2, 0.25) is 0 Å². The van der Waals surface area contributed by atoms with Crippen molar-refractivity contribution in [3.63, 3.8) is 0 Å². The Balaban J connectivity index is 2.20. The highest BCUT2D eigenvalue weighted by Gasteiger charge is 2.19. The van der Waals surface area contributed by atoms with Crippen LogP contribution in [-0.2, 0) is 7.05 Å². The fourth-order valence-electron chi connectivity index (χ4n) is 2.34. The number of hydrogen-bond donors (Lipinski definition) is 1. The Bertz CT molecular complexity index is 657. The van der Waals surface area contributed by atoms with Crippen molar-refractivity contribution in [1.82, 2.24) is 19.7 Å². The van der Waals surface area contributed by atoms with Crippen molar-refractivity contribution in [1.29, 1.82) is 0 Å². The predicted molar refractivity (Wildman–Crippen MR) is 86.3 cm³/mol. The monoisotopic (exact) mass is 352 g/mol. The zero-order valence-electron chi connectivity index (χ0n) is 13.0. The number of amides is 1. The quantitative estimate of drug-likeness (QED) is 0.916. The summed E-state index contributed by atoms with van der Waals surface area (Å²) in [6.07, 6.45) is 3.73. The first-order valence-electron chi connectivity index (χ1n) is 6.98. The Hall–Kier alpha value is -1.56. The molecule has 0 aromatic carbocycles. The third-order valence-electron chi connectivity index (χ3n) is 3.69. The molecule has 5 nitrogen and oxygen atoms in total. The third-order valence-corrected chi connectivity index (χ3v) is 4.13. The Morgan fingerprint density at radius 2 is 2.05 bits per heavy atom. The molecular weight excluding hydrogens is 332 g/mol. The summed E-state index contributed by atoms with van der Waals surface area (Å²) in [5, 5.41) is 7.26. The van der Waals surface area contributed by atoms with E-state index in [0.29, 0.717) is 5.69 Å². The number of nitrogens with zero attached hydrogens (tertiary/aromatic N) is 3. The number of nitrogens with one attached hydrogen (secondary N) is 1. The lowest BCUT2D eigenvalue weighted by atomic mass is 10.1. The van der Waals surface area contributed by atoms with Crippen molar-refractivity contribution in [3.05, 3.63) is 39.9 Å². The topological polar surface area (TPSA) is 51.9 Å². The first-order valence-corrected chi connectivity index (χ1v) is 7.77. The lowest BCUT2D eigenvalue weighted by Gasteiger charge is -2.16. The fourth-order valence-corrected chi connectivity index (χ4v) is 2.78. The van der Waals surface area contributed by atoms with Gasteiger partial charge in [0.05, 0.1) is 12.2 Å². The summed E-state index contributed by atoms with van der Waals surface area (Å²) in [6.45, 7) is 8.08. The van der Waals surface area contributed by atoms with E-state index in [1.165, 1.54) is 0 Å². The second kappa shape index (κ2) is 6.05.